The lowest BCUT2D eigenvalue weighted by Crippen LogP contribution is -2.23. The number of amides is 1. The molecule has 3 rings (SSSR count). The maximum atomic E-state index is 13.6. The van der Waals surface area contributed by atoms with Crippen LogP contribution in [0.2, 0.25) is 0 Å². The molecule has 0 aliphatic heterocycles. The number of halogens is 2. The van der Waals surface area contributed by atoms with E-state index in [-0.39, 0.29) is 22.9 Å². The van der Waals surface area contributed by atoms with Crippen molar-refractivity contribution in [3.63, 3.8) is 0 Å². The van der Waals surface area contributed by atoms with Crippen LogP contribution >= 0.6 is 0 Å². The topological polar surface area (TPSA) is 84.5 Å². The van der Waals surface area contributed by atoms with Gasteiger partial charge in [-0.3, -0.25) is 4.79 Å². The summed E-state index contributed by atoms with van der Waals surface area (Å²) in [4.78, 5) is 12.0. The maximum absolute atomic E-state index is 13.6. The van der Waals surface area contributed by atoms with Gasteiger partial charge in [-0.2, -0.15) is 0 Å². The van der Waals surface area contributed by atoms with Crippen molar-refractivity contribution in [1.82, 2.24) is 4.72 Å². The summed E-state index contributed by atoms with van der Waals surface area (Å²) in [5, 5.41) is 2.22. The number of aryl methyl sites for hydroxylation is 1. The molecule has 3 aromatic rings. The average Bonchev–Trinajstić information content (AvgIpc) is 2.75. The molecule has 6 nitrogen and oxygen atoms in total. The summed E-state index contributed by atoms with van der Waals surface area (Å²) in [5.74, 6) is -1.86. The Bertz CT molecular complexity index is 1190. The van der Waals surface area contributed by atoms with E-state index in [1.807, 2.05) is 30.3 Å². The summed E-state index contributed by atoms with van der Waals surface area (Å²) in [5.41, 5.74) is 1.02. The highest BCUT2D eigenvalue weighted by atomic mass is 32.2. The molecule has 3 aromatic carbocycles. The summed E-state index contributed by atoms with van der Waals surface area (Å²) >= 11 is 0. The Labute approximate surface area is 178 Å². The molecule has 0 fully saturated rings. The number of ether oxygens (including phenoxy) is 1. The molecule has 2 N–H and O–H groups in total. The second-order valence-electron chi connectivity index (χ2n) is 6.70. The minimum atomic E-state index is -3.74. The van der Waals surface area contributed by atoms with Gasteiger partial charge < -0.3 is 10.1 Å². The van der Waals surface area contributed by atoms with Crippen LogP contribution in [0, 0.1) is 18.6 Å². The molecule has 0 saturated carbocycles. The van der Waals surface area contributed by atoms with Crippen molar-refractivity contribution in [3.8, 4) is 5.75 Å². The van der Waals surface area contributed by atoms with Crippen molar-refractivity contribution < 1.29 is 26.7 Å². The molecular formula is C22H20F2N2O4S. The van der Waals surface area contributed by atoms with Gasteiger partial charge in [0.15, 0.2) is 6.61 Å². The molecule has 0 aliphatic rings. The van der Waals surface area contributed by atoms with E-state index in [0.29, 0.717) is 5.56 Å². The van der Waals surface area contributed by atoms with Gasteiger partial charge in [-0.1, -0.05) is 30.3 Å². The van der Waals surface area contributed by atoms with Crippen LogP contribution in [0.3, 0.4) is 0 Å². The third-order valence-electron chi connectivity index (χ3n) is 4.33. The van der Waals surface area contributed by atoms with Crippen molar-refractivity contribution in [2.24, 2.45) is 0 Å². The highest BCUT2D eigenvalue weighted by Gasteiger charge is 2.16. The van der Waals surface area contributed by atoms with Crippen LogP contribution in [0.5, 0.6) is 5.75 Å². The van der Waals surface area contributed by atoms with Crippen LogP contribution in [-0.2, 0) is 21.4 Å². The second kappa shape index (κ2) is 9.67. The van der Waals surface area contributed by atoms with Crippen molar-refractivity contribution >= 4 is 21.6 Å². The lowest BCUT2D eigenvalue weighted by Gasteiger charge is -2.12. The first-order chi connectivity index (χ1) is 14.7. The molecule has 0 radical (unpaired) electrons. The smallest absolute Gasteiger partial charge is 0.262 e. The predicted octanol–water partition coefficient (Wildman–Crippen LogP) is 3.77. The SMILES string of the molecule is Cc1cc(S(=O)(=O)NCc2ccccc2)ccc1OCC(=O)Nc1cc(F)ccc1F. The fraction of sp³-hybridized carbons (Fsp3) is 0.136. The number of carbonyl (C=O) groups excluding carboxylic acids is 1. The van der Waals surface area contributed by atoms with E-state index < -0.39 is 34.2 Å². The van der Waals surface area contributed by atoms with Crippen molar-refractivity contribution in [2.75, 3.05) is 11.9 Å². The predicted molar refractivity (Wildman–Crippen MR) is 112 cm³/mol. The summed E-state index contributed by atoms with van der Waals surface area (Å²) < 4.78 is 59.7. The van der Waals surface area contributed by atoms with E-state index in [1.165, 1.54) is 18.2 Å². The molecule has 31 heavy (non-hydrogen) atoms. The molecule has 0 bridgehead atoms. The molecule has 1 amide bonds. The molecule has 0 unspecified atom stereocenters. The number of benzene rings is 3. The zero-order valence-corrected chi connectivity index (χ0v) is 17.4. The van der Waals surface area contributed by atoms with Crippen molar-refractivity contribution in [3.05, 3.63) is 89.5 Å². The first kappa shape index (κ1) is 22.4. The summed E-state index contributed by atoms with van der Waals surface area (Å²) in [6.07, 6.45) is 0. The number of hydrogen-bond acceptors (Lipinski definition) is 4. The maximum Gasteiger partial charge on any atom is 0.262 e. The van der Waals surface area contributed by atoms with E-state index in [9.17, 15) is 22.0 Å². The Balaban J connectivity index is 1.61. The van der Waals surface area contributed by atoms with Gasteiger partial charge in [0.2, 0.25) is 10.0 Å². The normalized spacial score (nSPS) is 11.2. The Morgan fingerprint density at radius 1 is 1.00 bits per heavy atom. The minimum absolute atomic E-state index is 0.0552. The van der Waals surface area contributed by atoms with Gasteiger partial charge in [0, 0.05) is 12.6 Å². The van der Waals surface area contributed by atoms with E-state index in [0.717, 1.165) is 23.8 Å². The summed E-state index contributed by atoms with van der Waals surface area (Å²) in [6.45, 7) is 1.32. The van der Waals surface area contributed by atoms with Gasteiger partial charge in [-0.05, 0) is 48.4 Å². The first-order valence-electron chi connectivity index (χ1n) is 9.26. The van der Waals surface area contributed by atoms with Gasteiger partial charge in [0.05, 0.1) is 10.6 Å². The third kappa shape index (κ3) is 6.09. The molecule has 0 aromatic heterocycles. The Hall–Kier alpha value is -3.30. The number of rotatable bonds is 8. The van der Waals surface area contributed by atoms with Crippen LogP contribution < -0.4 is 14.8 Å². The number of carbonyl (C=O) groups is 1. The Kier molecular flexibility index (Phi) is 6.98. The quantitative estimate of drug-likeness (QED) is 0.552. The Morgan fingerprint density at radius 2 is 1.74 bits per heavy atom. The highest BCUT2D eigenvalue weighted by molar-refractivity contribution is 7.89. The average molecular weight is 446 g/mol. The molecule has 0 atom stereocenters. The standard InChI is InChI=1S/C22H20F2N2O4S/c1-15-11-18(31(28,29)25-13-16-5-3-2-4-6-16)8-10-21(15)30-14-22(27)26-20-12-17(23)7-9-19(20)24/h2-12,25H,13-14H2,1H3,(H,26,27). The minimum Gasteiger partial charge on any atom is -0.483 e. The molecule has 0 saturated heterocycles. The lowest BCUT2D eigenvalue weighted by atomic mass is 10.2. The highest BCUT2D eigenvalue weighted by Crippen LogP contribution is 2.22. The van der Waals surface area contributed by atoms with Gasteiger partial charge >= 0.3 is 0 Å². The van der Waals surface area contributed by atoms with Crippen LogP contribution in [0.4, 0.5) is 14.5 Å². The molecule has 0 heterocycles. The van der Waals surface area contributed by atoms with E-state index in [4.69, 9.17) is 4.74 Å². The van der Waals surface area contributed by atoms with Crippen LogP contribution in [0.25, 0.3) is 0 Å². The summed E-state index contributed by atoms with van der Waals surface area (Å²) in [6, 6.07) is 16.0. The van der Waals surface area contributed by atoms with E-state index in [1.54, 1.807) is 6.92 Å². The third-order valence-corrected chi connectivity index (χ3v) is 5.73. The van der Waals surface area contributed by atoms with Crippen molar-refractivity contribution in [2.45, 2.75) is 18.4 Å². The van der Waals surface area contributed by atoms with Crippen LogP contribution in [0.15, 0.2) is 71.6 Å². The number of sulfonamides is 1. The molecular weight excluding hydrogens is 426 g/mol. The number of nitrogens with one attached hydrogen (secondary N) is 2. The molecule has 0 spiro atoms. The number of hydrogen-bond donors (Lipinski definition) is 2. The Morgan fingerprint density at radius 3 is 2.45 bits per heavy atom. The number of anilines is 1. The van der Waals surface area contributed by atoms with Gasteiger partial charge in [-0.15, -0.1) is 0 Å². The van der Waals surface area contributed by atoms with Crippen molar-refractivity contribution in [1.29, 1.82) is 0 Å². The van der Waals surface area contributed by atoms with Gasteiger partial charge in [-0.25, -0.2) is 21.9 Å². The summed E-state index contributed by atoms with van der Waals surface area (Å²) in [7, 11) is -3.74. The molecule has 9 heteroatoms. The monoisotopic (exact) mass is 446 g/mol. The zero-order valence-electron chi connectivity index (χ0n) is 16.6. The van der Waals surface area contributed by atoms with Crippen LogP contribution in [0.1, 0.15) is 11.1 Å². The fourth-order valence-corrected chi connectivity index (χ4v) is 3.83. The second-order valence-corrected chi connectivity index (χ2v) is 8.47. The van der Waals surface area contributed by atoms with E-state index in [2.05, 4.69) is 10.0 Å². The molecule has 0 aliphatic carbocycles. The van der Waals surface area contributed by atoms with E-state index >= 15 is 0 Å². The zero-order chi connectivity index (χ0) is 22.4. The van der Waals surface area contributed by atoms with Gasteiger partial charge in [0.1, 0.15) is 17.4 Å². The molecule has 162 valence electrons. The lowest BCUT2D eigenvalue weighted by molar-refractivity contribution is -0.118. The van der Waals surface area contributed by atoms with Gasteiger partial charge in [0.25, 0.3) is 5.91 Å². The first-order valence-corrected chi connectivity index (χ1v) is 10.7. The van der Waals surface area contributed by atoms with Crippen LogP contribution in [-0.4, -0.2) is 20.9 Å². The largest absolute Gasteiger partial charge is 0.483 e. The fourth-order valence-electron chi connectivity index (χ4n) is 2.73.